The normalized spacial score (nSPS) is 19.9. The predicted octanol–water partition coefficient (Wildman–Crippen LogP) is 8.88. The zero-order valence-corrected chi connectivity index (χ0v) is 41.6. The predicted molar refractivity (Wildman–Crippen MR) is 277 cm³/mol. The van der Waals surface area contributed by atoms with Crippen molar-refractivity contribution in [3.05, 3.63) is 148 Å². The van der Waals surface area contributed by atoms with Gasteiger partial charge in [-0.3, -0.25) is 24.5 Å². The number of ether oxygens (including phenoxy) is 2. The first-order valence-corrected chi connectivity index (χ1v) is 25.4. The fourth-order valence-electron chi connectivity index (χ4n) is 11.3. The Labute approximate surface area is 427 Å². The van der Waals surface area contributed by atoms with Gasteiger partial charge in [0.15, 0.2) is 23.0 Å². The Kier molecular flexibility index (Phi) is 14.2. The summed E-state index contributed by atoms with van der Waals surface area (Å²) in [7, 11) is 1.90. The van der Waals surface area contributed by atoms with Crippen molar-refractivity contribution >= 4 is 51.9 Å². The maximum absolute atomic E-state index is 16.4. The van der Waals surface area contributed by atoms with Crippen LogP contribution >= 0.6 is 11.6 Å². The van der Waals surface area contributed by atoms with Crippen LogP contribution in [0, 0.1) is 17.6 Å². The van der Waals surface area contributed by atoms with E-state index in [0.29, 0.717) is 36.3 Å². The van der Waals surface area contributed by atoms with Gasteiger partial charge in [0.2, 0.25) is 11.8 Å². The van der Waals surface area contributed by atoms with Crippen molar-refractivity contribution in [2.75, 3.05) is 62.3 Å². The monoisotopic (exact) mass is 1010 g/mol. The van der Waals surface area contributed by atoms with Crippen LogP contribution in [-0.2, 0) is 24.0 Å². The maximum atomic E-state index is 16.4. The molecule has 0 bridgehead atoms. The number of carbonyl (C=O) groups excluding carboxylic acids is 3. The fraction of sp³-hybridized carbons (Fsp3) is 0.357. The van der Waals surface area contributed by atoms with Gasteiger partial charge in [0.25, 0.3) is 0 Å². The summed E-state index contributed by atoms with van der Waals surface area (Å²) in [5.74, 6) is -2.05. The third kappa shape index (κ3) is 9.71. The zero-order valence-electron chi connectivity index (χ0n) is 40.9. The van der Waals surface area contributed by atoms with Crippen molar-refractivity contribution in [1.82, 2.24) is 25.3 Å². The summed E-state index contributed by atoms with van der Waals surface area (Å²) in [6.07, 6.45) is 8.41. The number of rotatable bonds is 15. The minimum Gasteiger partial charge on any atom is -0.488 e. The highest BCUT2D eigenvalue weighted by atomic mass is 35.5. The molecule has 0 saturated carbocycles. The Balaban J connectivity index is 0.749. The number of urea groups is 1. The van der Waals surface area contributed by atoms with Gasteiger partial charge in [0.1, 0.15) is 18.2 Å². The second kappa shape index (κ2) is 20.8. The van der Waals surface area contributed by atoms with Crippen molar-refractivity contribution in [1.29, 1.82) is 0 Å². The smallest absolute Gasteiger partial charge is 0.329 e. The Morgan fingerprint density at radius 3 is 2.44 bits per heavy atom. The number of piperidine rings is 2. The summed E-state index contributed by atoms with van der Waals surface area (Å²) in [6, 6.07) is 27.8. The molecule has 5 N–H and O–H groups in total. The molecule has 0 radical (unpaired) electrons. The van der Waals surface area contributed by atoms with Gasteiger partial charge in [-0.1, -0.05) is 67.1 Å². The standard InChI is InChI=1S/C56H59ClF2N8O6/c1-34-48-46(31-43(58)51(57)50(48)49-42(53(60)70)14-15-45(52(49)59)72-29-28-68)73-56(34,39-6-4-3-5-7-39)21-22-61-32-35-8-11-40(12-9-35)66-25-16-36(17-26-66)33-65-23-18-37(19-24-65)38-10-13-41-44(30-38)64(2)63-54(41)67-27-20-47(69)62-55(67)71/h3-15,21-22,30-31,34,36-37,61,68H,16-20,23-29,32-33H2,1-2H3,(H2,60,70)(H,62,69,71)/b22-21-/t34-,56-/m0/s1. The quantitative estimate of drug-likeness (QED) is 0.0781. The van der Waals surface area contributed by atoms with Crippen molar-refractivity contribution in [3.63, 3.8) is 0 Å². The minimum atomic E-state index is -1.20. The number of hydrogen-bond acceptors (Lipinski definition) is 10. The second-order valence-electron chi connectivity index (χ2n) is 19.5. The van der Waals surface area contributed by atoms with Crippen LogP contribution < -0.4 is 35.6 Å². The number of carbonyl (C=O) groups is 3. The molecule has 0 aliphatic carbocycles. The van der Waals surface area contributed by atoms with Crippen LogP contribution in [-0.4, -0.2) is 90.1 Å². The summed E-state index contributed by atoms with van der Waals surface area (Å²) in [5, 5.41) is 20.3. The number of aliphatic hydroxyl groups excluding tert-OH is 1. The highest BCUT2D eigenvalue weighted by Crippen LogP contribution is 2.57. The van der Waals surface area contributed by atoms with E-state index >= 15 is 8.78 Å². The number of aliphatic hydroxyl groups is 1. The number of fused-ring (bicyclic) bond motifs is 2. The number of anilines is 2. The van der Waals surface area contributed by atoms with Crippen LogP contribution in [0.3, 0.4) is 0 Å². The largest absolute Gasteiger partial charge is 0.488 e. The average molecular weight is 1010 g/mol. The minimum absolute atomic E-state index is 0.0633. The number of imide groups is 1. The summed E-state index contributed by atoms with van der Waals surface area (Å²) >= 11 is 6.69. The Bertz CT molecular complexity index is 3080. The fourth-order valence-corrected chi connectivity index (χ4v) is 11.5. The van der Waals surface area contributed by atoms with Crippen LogP contribution in [0.25, 0.3) is 22.0 Å². The van der Waals surface area contributed by atoms with E-state index in [2.05, 4.69) is 68.0 Å². The molecular formula is C56H59ClF2N8O6. The number of aryl methyl sites for hydroxylation is 1. The molecule has 5 heterocycles. The van der Waals surface area contributed by atoms with Gasteiger partial charge in [0.05, 0.1) is 22.7 Å². The van der Waals surface area contributed by atoms with Gasteiger partial charge in [-0.15, -0.1) is 0 Å². The topological polar surface area (TPSA) is 168 Å². The van der Waals surface area contributed by atoms with Gasteiger partial charge in [-0.2, -0.15) is 5.10 Å². The number of aromatic nitrogens is 2. The van der Waals surface area contributed by atoms with E-state index in [1.807, 2.05) is 61.3 Å². The molecule has 2 atom stereocenters. The molecule has 4 amide bonds. The van der Waals surface area contributed by atoms with Crippen molar-refractivity contribution in [3.8, 4) is 22.6 Å². The molecule has 0 spiro atoms. The SMILES string of the molecule is C[C@H]1c2c(cc(F)c(Cl)c2-c2c(C(N)=O)ccc(OCCO)c2F)O[C@]1(/C=C\NCc1ccc(N2CCC(CN3CCC(c4ccc5c(N6CCC(=O)NC6=O)nn(C)c5c4)CC3)CC2)cc1)c1ccccc1. The van der Waals surface area contributed by atoms with E-state index in [-0.39, 0.29) is 53.7 Å². The molecule has 4 aliphatic heterocycles. The third-order valence-corrected chi connectivity index (χ3v) is 15.6. The average Bonchev–Trinajstić information content (AvgIpc) is 3.87. The van der Waals surface area contributed by atoms with Crippen molar-refractivity contribution in [2.45, 2.75) is 63.0 Å². The van der Waals surface area contributed by atoms with Gasteiger partial charge in [-0.25, -0.2) is 13.6 Å². The molecule has 3 saturated heterocycles. The highest BCUT2D eigenvalue weighted by Gasteiger charge is 2.48. The second-order valence-corrected chi connectivity index (χ2v) is 19.9. The van der Waals surface area contributed by atoms with Crippen LogP contribution in [0.5, 0.6) is 11.5 Å². The Morgan fingerprint density at radius 2 is 1.73 bits per heavy atom. The highest BCUT2D eigenvalue weighted by molar-refractivity contribution is 6.34. The lowest BCUT2D eigenvalue weighted by molar-refractivity contribution is -0.120. The van der Waals surface area contributed by atoms with E-state index < -0.39 is 40.1 Å². The summed E-state index contributed by atoms with van der Waals surface area (Å²) in [4.78, 5) is 43.7. The van der Waals surface area contributed by atoms with E-state index in [0.717, 1.165) is 80.4 Å². The number of likely N-dealkylation sites (tertiary alicyclic amines) is 1. The number of nitrogens with two attached hydrogens (primary N) is 1. The number of nitrogens with one attached hydrogen (secondary N) is 2. The number of amides is 4. The van der Waals surface area contributed by atoms with Gasteiger partial charge < -0.3 is 35.4 Å². The molecule has 14 nitrogen and oxygen atoms in total. The van der Waals surface area contributed by atoms with E-state index in [1.165, 1.54) is 29.4 Å². The van der Waals surface area contributed by atoms with E-state index in [1.54, 1.807) is 4.90 Å². The molecule has 17 heteroatoms. The summed E-state index contributed by atoms with van der Waals surface area (Å²) in [6.45, 7) is 7.37. The molecule has 3 fully saturated rings. The maximum Gasteiger partial charge on any atom is 0.329 e. The van der Waals surface area contributed by atoms with E-state index in [4.69, 9.17) is 26.8 Å². The van der Waals surface area contributed by atoms with E-state index in [9.17, 15) is 19.5 Å². The zero-order chi connectivity index (χ0) is 51.0. The van der Waals surface area contributed by atoms with Crippen LogP contribution in [0.4, 0.5) is 25.1 Å². The number of nitrogens with zero attached hydrogens (tertiary/aromatic N) is 5. The molecule has 5 aromatic carbocycles. The molecule has 0 unspecified atom stereocenters. The van der Waals surface area contributed by atoms with Crippen molar-refractivity contribution < 1.29 is 37.7 Å². The number of primary amides is 1. The molecule has 4 aliphatic rings. The lowest BCUT2D eigenvalue weighted by Gasteiger charge is -2.38. The Hall–Kier alpha value is -7.01. The molecule has 380 valence electrons. The first-order valence-electron chi connectivity index (χ1n) is 25.0. The number of benzene rings is 5. The molecule has 10 rings (SSSR count). The van der Waals surface area contributed by atoms with Gasteiger partial charge in [0, 0.05) is 85.9 Å². The van der Waals surface area contributed by atoms with Crippen LogP contribution in [0.2, 0.25) is 5.02 Å². The molecular weight excluding hydrogens is 954 g/mol. The first-order chi connectivity index (χ1) is 35.3. The Morgan fingerprint density at radius 1 is 0.973 bits per heavy atom. The van der Waals surface area contributed by atoms with Gasteiger partial charge >= 0.3 is 6.03 Å². The lowest BCUT2D eigenvalue weighted by Crippen LogP contribution is -2.49. The van der Waals surface area contributed by atoms with Crippen LogP contribution in [0.1, 0.15) is 83.5 Å². The first kappa shape index (κ1) is 49.6. The summed E-state index contributed by atoms with van der Waals surface area (Å²) < 4.78 is 46.2. The number of halogens is 3. The molecule has 6 aromatic rings. The van der Waals surface area contributed by atoms with Gasteiger partial charge in [-0.05, 0) is 116 Å². The third-order valence-electron chi connectivity index (χ3n) is 15.2. The van der Waals surface area contributed by atoms with Crippen LogP contribution in [0.15, 0.2) is 103 Å². The molecule has 73 heavy (non-hydrogen) atoms. The lowest BCUT2D eigenvalue weighted by atomic mass is 9.77. The van der Waals surface area contributed by atoms with Crippen molar-refractivity contribution in [2.24, 2.45) is 18.7 Å². The molecule has 1 aromatic heterocycles. The summed E-state index contributed by atoms with van der Waals surface area (Å²) in [5.41, 5.74) is 9.66. The number of hydrogen-bond donors (Lipinski definition) is 4.